The lowest BCUT2D eigenvalue weighted by atomic mass is 9.87. The number of rotatable bonds is 8. The van der Waals surface area contributed by atoms with Crippen LogP contribution in [-0.4, -0.2) is 81.2 Å². The average Bonchev–Trinajstić information content (AvgIpc) is 3.05. The zero-order chi connectivity index (χ0) is 24.3. The third kappa shape index (κ3) is 5.27. The molecule has 1 aromatic rings. The van der Waals surface area contributed by atoms with Crippen LogP contribution in [0.25, 0.3) is 0 Å². The number of nitro groups is 1. The summed E-state index contributed by atoms with van der Waals surface area (Å²) in [5.41, 5.74) is 0. The van der Waals surface area contributed by atoms with Crippen molar-refractivity contribution in [1.82, 2.24) is 9.21 Å². The van der Waals surface area contributed by atoms with Crippen molar-refractivity contribution < 1.29 is 32.4 Å². The smallest absolute Gasteiger partial charge is 0.243 e. The molecular formula is C21H29N3O8S. The van der Waals surface area contributed by atoms with Gasteiger partial charge in [-0.15, -0.1) is 0 Å². The van der Waals surface area contributed by atoms with Crippen molar-refractivity contribution in [2.75, 3.05) is 46.9 Å². The van der Waals surface area contributed by atoms with Crippen molar-refractivity contribution in [3.05, 3.63) is 28.3 Å². The van der Waals surface area contributed by atoms with Gasteiger partial charge in [-0.25, -0.2) is 8.42 Å². The average molecular weight is 484 g/mol. The SMILES string of the molecule is COc1ccc(S(=O)(=O)N2CCN(C(=O)C[C@@H]3C(=O)C[C@H](C)[C@H]3C[N+](=O)[O-])CC2)cc1OC. The third-order valence-corrected chi connectivity index (χ3v) is 8.42. The summed E-state index contributed by atoms with van der Waals surface area (Å²) in [5.74, 6) is -0.930. The maximum atomic E-state index is 13.1. The van der Waals surface area contributed by atoms with Gasteiger partial charge in [0, 0.05) is 61.8 Å². The number of sulfonamides is 1. The Kier molecular flexibility index (Phi) is 7.58. The van der Waals surface area contributed by atoms with E-state index in [4.69, 9.17) is 9.47 Å². The highest BCUT2D eigenvalue weighted by Gasteiger charge is 2.44. The molecule has 1 aromatic carbocycles. The number of nitrogens with zero attached hydrogens (tertiary/aromatic N) is 3. The Balaban J connectivity index is 1.64. The molecule has 1 amide bonds. The van der Waals surface area contributed by atoms with Crippen LogP contribution in [0.1, 0.15) is 19.8 Å². The molecule has 0 unspecified atom stereocenters. The van der Waals surface area contributed by atoms with Crippen molar-refractivity contribution >= 4 is 21.7 Å². The van der Waals surface area contributed by atoms with Crippen molar-refractivity contribution in [2.24, 2.45) is 17.8 Å². The summed E-state index contributed by atoms with van der Waals surface area (Å²) in [6, 6.07) is 4.36. The highest BCUT2D eigenvalue weighted by Crippen LogP contribution is 2.37. The van der Waals surface area contributed by atoms with E-state index in [1.165, 1.54) is 41.6 Å². The molecule has 1 saturated heterocycles. The first-order chi connectivity index (χ1) is 15.6. The second kappa shape index (κ2) is 10.0. The van der Waals surface area contributed by atoms with Gasteiger partial charge in [0.2, 0.25) is 22.5 Å². The van der Waals surface area contributed by atoms with Gasteiger partial charge in [0.1, 0.15) is 5.78 Å². The minimum Gasteiger partial charge on any atom is -0.493 e. The van der Waals surface area contributed by atoms with Crippen molar-refractivity contribution in [1.29, 1.82) is 0 Å². The molecule has 3 rings (SSSR count). The first kappa shape index (κ1) is 24.9. The molecule has 1 heterocycles. The number of piperazine rings is 1. The van der Waals surface area contributed by atoms with E-state index in [2.05, 4.69) is 0 Å². The number of hydrogen-bond acceptors (Lipinski definition) is 8. The lowest BCUT2D eigenvalue weighted by molar-refractivity contribution is -0.490. The van der Waals surface area contributed by atoms with E-state index < -0.39 is 26.8 Å². The molecule has 11 nitrogen and oxygen atoms in total. The predicted molar refractivity (Wildman–Crippen MR) is 117 cm³/mol. The molecule has 12 heteroatoms. The summed E-state index contributed by atoms with van der Waals surface area (Å²) in [5, 5.41) is 11.0. The second-order valence-corrected chi connectivity index (χ2v) is 10.4. The van der Waals surface area contributed by atoms with Crippen LogP contribution < -0.4 is 9.47 Å². The highest BCUT2D eigenvalue weighted by molar-refractivity contribution is 7.89. The van der Waals surface area contributed by atoms with E-state index in [0.29, 0.717) is 11.5 Å². The summed E-state index contributed by atoms with van der Waals surface area (Å²) < 4.78 is 37.7. The number of carbonyl (C=O) groups excluding carboxylic acids is 2. The van der Waals surface area contributed by atoms with Crippen LogP contribution in [0.3, 0.4) is 0 Å². The Morgan fingerprint density at radius 2 is 1.79 bits per heavy atom. The van der Waals surface area contributed by atoms with Crippen LogP contribution in [0.15, 0.2) is 23.1 Å². The first-order valence-electron chi connectivity index (χ1n) is 10.7. The normalized spacial score (nSPS) is 24.0. The summed E-state index contributed by atoms with van der Waals surface area (Å²) in [6.07, 6.45) is 0.165. The van der Waals surface area contributed by atoms with Crippen molar-refractivity contribution in [2.45, 2.75) is 24.7 Å². The number of hydrogen-bond donors (Lipinski definition) is 0. The maximum Gasteiger partial charge on any atom is 0.243 e. The molecule has 0 N–H and O–H groups in total. The van der Waals surface area contributed by atoms with Crippen molar-refractivity contribution in [3.63, 3.8) is 0 Å². The van der Waals surface area contributed by atoms with E-state index in [9.17, 15) is 28.1 Å². The number of ether oxygens (including phenoxy) is 2. The molecule has 0 aromatic heterocycles. The number of ketones is 1. The summed E-state index contributed by atoms with van der Waals surface area (Å²) >= 11 is 0. The van der Waals surface area contributed by atoms with E-state index in [-0.39, 0.29) is 68.1 Å². The van der Waals surface area contributed by atoms with Gasteiger partial charge in [-0.2, -0.15) is 4.31 Å². The fraction of sp³-hybridized carbons (Fsp3) is 0.619. The van der Waals surface area contributed by atoms with E-state index in [1.807, 2.05) is 0 Å². The van der Waals surface area contributed by atoms with E-state index in [1.54, 1.807) is 6.92 Å². The number of carbonyl (C=O) groups is 2. The molecule has 33 heavy (non-hydrogen) atoms. The zero-order valence-electron chi connectivity index (χ0n) is 18.9. The van der Waals surface area contributed by atoms with E-state index in [0.717, 1.165) is 0 Å². The molecular weight excluding hydrogens is 454 g/mol. The van der Waals surface area contributed by atoms with Gasteiger partial charge in [-0.05, 0) is 18.1 Å². The molecule has 0 radical (unpaired) electrons. The van der Waals surface area contributed by atoms with Gasteiger partial charge in [-0.1, -0.05) is 6.92 Å². The van der Waals surface area contributed by atoms with Gasteiger partial charge in [0.25, 0.3) is 0 Å². The lowest BCUT2D eigenvalue weighted by Gasteiger charge is -2.34. The van der Waals surface area contributed by atoms with Crippen LogP contribution in [-0.2, 0) is 19.6 Å². The Morgan fingerprint density at radius 3 is 2.36 bits per heavy atom. The van der Waals surface area contributed by atoms with Crippen LogP contribution in [0.4, 0.5) is 0 Å². The monoisotopic (exact) mass is 483 g/mol. The Morgan fingerprint density at radius 1 is 1.15 bits per heavy atom. The standard InChI is InChI=1S/C21H29N3O8S/c1-14-10-18(25)16(17(14)13-24(27)28)12-21(26)22-6-8-23(9-7-22)33(29,30)15-4-5-19(31-2)20(11-15)32-3/h4-5,11,14,16-17H,6-10,12-13H2,1-3H3/t14-,16-,17+/m0/s1. The van der Waals surface area contributed by atoms with E-state index >= 15 is 0 Å². The number of amides is 1. The molecule has 2 fully saturated rings. The zero-order valence-corrected chi connectivity index (χ0v) is 19.7. The number of benzene rings is 1. The van der Waals surface area contributed by atoms with Crippen LogP contribution >= 0.6 is 0 Å². The molecule has 1 aliphatic heterocycles. The predicted octanol–water partition coefficient (Wildman–Crippen LogP) is 1.04. The van der Waals surface area contributed by atoms with Crippen LogP contribution in [0.5, 0.6) is 11.5 Å². The third-order valence-electron chi connectivity index (χ3n) is 6.52. The maximum absolute atomic E-state index is 13.1. The van der Waals surface area contributed by atoms with Gasteiger partial charge in [-0.3, -0.25) is 19.7 Å². The minimum atomic E-state index is -3.80. The first-order valence-corrected chi connectivity index (χ1v) is 12.2. The minimum absolute atomic E-state index is 0.0630. The highest BCUT2D eigenvalue weighted by atomic mass is 32.2. The fourth-order valence-corrected chi connectivity index (χ4v) is 6.06. The number of methoxy groups -OCH3 is 2. The summed E-state index contributed by atoms with van der Waals surface area (Å²) in [7, 11) is -0.917. The van der Waals surface area contributed by atoms with Crippen LogP contribution in [0, 0.1) is 27.9 Å². The topological polar surface area (TPSA) is 136 Å². The Bertz CT molecular complexity index is 1020. The molecule has 0 spiro atoms. The van der Waals surface area contributed by atoms with Gasteiger partial charge >= 0.3 is 0 Å². The second-order valence-electron chi connectivity index (χ2n) is 8.44. The van der Waals surface area contributed by atoms with Crippen LogP contribution in [0.2, 0.25) is 0 Å². The van der Waals surface area contributed by atoms with Crippen molar-refractivity contribution in [3.8, 4) is 11.5 Å². The Hall–Kier alpha value is -2.73. The lowest BCUT2D eigenvalue weighted by Crippen LogP contribution is -2.51. The molecule has 1 aliphatic carbocycles. The number of Topliss-reactive ketones (excluding diaryl/α,β-unsaturated/α-hetero) is 1. The summed E-state index contributed by atoms with van der Waals surface area (Å²) in [4.78, 5) is 37.3. The molecule has 1 saturated carbocycles. The quantitative estimate of drug-likeness (QED) is 0.395. The van der Waals surface area contributed by atoms with Gasteiger partial charge in [0.05, 0.1) is 19.1 Å². The molecule has 182 valence electrons. The fourth-order valence-electron chi connectivity index (χ4n) is 4.62. The molecule has 0 bridgehead atoms. The molecule has 3 atom stereocenters. The molecule has 2 aliphatic rings. The van der Waals surface area contributed by atoms with Gasteiger partial charge in [0.15, 0.2) is 11.5 Å². The largest absolute Gasteiger partial charge is 0.493 e. The Labute approximate surface area is 192 Å². The van der Waals surface area contributed by atoms with Gasteiger partial charge < -0.3 is 14.4 Å². The summed E-state index contributed by atoms with van der Waals surface area (Å²) in [6.45, 7) is 2.05.